The third kappa shape index (κ3) is 24.2. The number of thioether (sulfide) groups is 1. The average Bonchev–Trinajstić information content (AvgIpc) is 3.63. The van der Waals surface area contributed by atoms with Crippen molar-refractivity contribution in [1.82, 2.24) is 10.2 Å². The normalized spacial score (nSPS) is 16.0. The molecule has 334 valence electrons. The van der Waals surface area contributed by atoms with Crippen LogP contribution in [0.3, 0.4) is 0 Å². The van der Waals surface area contributed by atoms with E-state index in [9.17, 15) is 27.9 Å². The zero-order chi connectivity index (χ0) is 44.7. The first-order valence-electron chi connectivity index (χ1n) is 20.8. The molecule has 4 rings (SSSR count). The maximum Gasteiger partial charge on any atom is 0.326 e. The molecule has 1 saturated heterocycles. The van der Waals surface area contributed by atoms with Gasteiger partial charge in [0, 0.05) is 52.8 Å². The summed E-state index contributed by atoms with van der Waals surface area (Å²) in [6, 6.07) is 14.0. The number of rotatable bonds is 15. The van der Waals surface area contributed by atoms with Gasteiger partial charge in [-0.2, -0.15) is 11.8 Å². The Kier molecular flexibility index (Phi) is 33.3. The Labute approximate surface area is 356 Å². The molecule has 3 unspecified atom stereocenters. The van der Waals surface area contributed by atoms with E-state index in [1.165, 1.54) is 63.9 Å². The van der Waals surface area contributed by atoms with Crippen LogP contribution in [0.4, 0.5) is 0 Å². The number of carbonyl (C=O) groups is 3. The van der Waals surface area contributed by atoms with Crippen LogP contribution >= 0.6 is 11.8 Å². The van der Waals surface area contributed by atoms with Crippen LogP contribution in [0.25, 0.3) is 11.1 Å². The molecule has 0 radical (unpaired) electrons. The van der Waals surface area contributed by atoms with E-state index < -0.39 is 33.7 Å². The Bertz CT molecular complexity index is 1510. The van der Waals surface area contributed by atoms with Gasteiger partial charge < -0.3 is 25.0 Å². The molecule has 0 spiro atoms. The number of benzene rings is 2. The maximum absolute atomic E-state index is 13.4. The lowest BCUT2D eigenvalue weighted by atomic mass is 9.84. The van der Waals surface area contributed by atoms with Gasteiger partial charge in [-0.1, -0.05) is 97.1 Å². The molecule has 11 nitrogen and oxygen atoms in total. The molecule has 3 atom stereocenters. The summed E-state index contributed by atoms with van der Waals surface area (Å²) >= 11 is 1.58. The van der Waals surface area contributed by atoms with Crippen molar-refractivity contribution in [2.75, 3.05) is 59.0 Å². The first kappa shape index (κ1) is 57.1. The molecular weight excluding hydrogens is 777 g/mol. The number of nitrogens with one attached hydrogen (secondary N) is 1. The van der Waals surface area contributed by atoms with E-state index in [0.717, 1.165) is 42.0 Å². The lowest BCUT2D eigenvalue weighted by Gasteiger charge is -2.30. The standard InChI is InChI=1S/C31H42N2O3S.C6H12O4S.2C2H6O.2C2H6/c1-22-9-6-7-13-26(22)28-20-24(14-15-27(28)30(34)32-29(31(35)36)16-18-37-2)21-33-17-8-12-25(33)19-23-10-4-3-5-11-23;1-5(6(7)8)3-4-11(2,9)10;2*1-3-2;2*1-2/h6-7,9,13-15,20,23,25,29H,3-5,8,10-12,16-19,21H2,1-2H3,(H,32,34)(H,35,36);5H,3-4H2,1-2H3,(H,7,8);2*1-2H3;2*1-2H3. The van der Waals surface area contributed by atoms with Crippen LogP contribution in [0.15, 0.2) is 42.5 Å². The number of likely N-dealkylation sites (tertiary alicyclic amines) is 1. The second-order valence-corrected chi connectivity index (χ2v) is 17.6. The molecule has 1 amide bonds. The van der Waals surface area contributed by atoms with Crippen molar-refractivity contribution in [3.63, 3.8) is 0 Å². The van der Waals surface area contributed by atoms with Gasteiger partial charge in [0.05, 0.1) is 11.7 Å². The second-order valence-electron chi connectivity index (χ2n) is 14.3. The summed E-state index contributed by atoms with van der Waals surface area (Å²) in [5.74, 6) is -1.34. The van der Waals surface area contributed by atoms with Crippen LogP contribution in [-0.4, -0.2) is 112 Å². The molecule has 1 aliphatic heterocycles. The molecule has 1 aliphatic carbocycles. The summed E-state index contributed by atoms with van der Waals surface area (Å²) in [5.41, 5.74) is 4.74. The molecule has 58 heavy (non-hydrogen) atoms. The number of ether oxygens (including phenoxy) is 2. The third-order valence-corrected chi connectivity index (χ3v) is 11.2. The Hall–Kier alpha value is -2.97. The van der Waals surface area contributed by atoms with Crippen LogP contribution < -0.4 is 5.32 Å². The van der Waals surface area contributed by atoms with E-state index in [1.807, 2.05) is 52.1 Å². The fourth-order valence-corrected chi connectivity index (χ4v) is 7.89. The Morgan fingerprint density at radius 1 is 0.862 bits per heavy atom. The highest BCUT2D eigenvalue weighted by molar-refractivity contribution is 7.98. The number of hydrogen-bond acceptors (Lipinski definition) is 9. The fourth-order valence-electron chi connectivity index (χ4n) is 6.64. The van der Waals surface area contributed by atoms with Gasteiger partial charge >= 0.3 is 11.9 Å². The highest BCUT2D eigenvalue weighted by Gasteiger charge is 2.29. The van der Waals surface area contributed by atoms with E-state index in [-0.39, 0.29) is 18.1 Å². The van der Waals surface area contributed by atoms with Crippen molar-refractivity contribution in [1.29, 1.82) is 0 Å². The summed E-state index contributed by atoms with van der Waals surface area (Å²) in [6.45, 7) is 13.6. The summed E-state index contributed by atoms with van der Waals surface area (Å²) in [7, 11) is 3.48. The first-order chi connectivity index (χ1) is 27.6. The molecular formula is C45H78N2O9S2. The number of amides is 1. The summed E-state index contributed by atoms with van der Waals surface area (Å²) in [4.78, 5) is 38.0. The predicted octanol–water partition coefficient (Wildman–Crippen LogP) is 9.25. The highest BCUT2D eigenvalue weighted by Crippen LogP contribution is 2.34. The Morgan fingerprint density at radius 2 is 1.45 bits per heavy atom. The molecule has 0 aromatic heterocycles. The van der Waals surface area contributed by atoms with E-state index >= 15 is 0 Å². The van der Waals surface area contributed by atoms with Crippen LogP contribution in [0, 0.1) is 18.8 Å². The van der Waals surface area contributed by atoms with Crippen LogP contribution in [-0.2, 0) is 35.4 Å². The first-order valence-corrected chi connectivity index (χ1v) is 24.2. The van der Waals surface area contributed by atoms with Crippen molar-refractivity contribution in [2.24, 2.45) is 11.8 Å². The van der Waals surface area contributed by atoms with E-state index in [0.29, 0.717) is 23.8 Å². The number of carboxylic acid groups (broad SMARTS) is 2. The number of carboxylic acids is 2. The van der Waals surface area contributed by atoms with E-state index in [2.05, 4.69) is 50.9 Å². The topological polar surface area (TPSA) is 160 Å². The Balaban J connectivity index is 0. The number of aliphatic carboxylic acids is 2. The van der Waals surface area contributed by atoms with Crippen molar-refractivity contribution in [3.8, 4) is 11.1 Å². The van der Waals surface area contributed by atoms with Crippen LogP contribution in [0.2, 0.25) is 0 Å². The summed E-state index contributed by atoms with van der Waals surface area (Å²) < 4.78 is 29.6. The lowest BCUT2D eigenvalue weighted by molar-refractivity contribution is -0.141. The number of carbonyl (C=O) groups excluding carboxylic acids is 1. The van der Waals surface area contributed by atoms with Gasteiger partial charge in [0.2, 0.25) is 0 Å². The minimum Gasteiger partial charge on any atom is -0.481 e. The summed E-state index contributed by atoms with van der Waals surface area (Å²) in [6.07, 6.45) is 14.4. The minimum absolute atomic E-state index is 0.0551. The SMILES string of the molecule is CC.CC.CC(CCS(C)(=O)=O)C(=O)O.COC.COC.CSCCC(NC(=O)c1ccc(CN2CCCC2CC2CCCCC2)cc1-c1ccccc1C)C(=O)O. The predicted molar refractivity (Wildman–Crippen MR) is 243 cm³/mol. The molecule has 13 heteroatoms. The van der Waals surface area contributed by atoms with Gasteiger partial charge in [-0.3, -0.25) is 14.5 Å². The molecule has 2 aromatic rings. The molecule has 2 aromatic carbocycles. The molecule has 2 aliphatic rings. The fraction of sp³-hybridized carbons (Fsp3) is 0.667. The van der Waals surface area contributed by atoms with Crippen molar-refractivity contribution in [3.05, 3.63) is 59.2 Å². The second kappa shape index (κ2) is 33.8. The van der Waals surface area contributed by atoms with E-state index in [1.54, 1.807) is 40.2 Å². The largest absolute Gasteiger partial charge is 0.481 e. The molecule has 2 fully saturated rings. The number of aryl methyl sites for hydroxylation is 1. The van der Waals surface area contributed by atoms with Gasteiger partial charge in [0.25, 0.3) is 5.91 Å². The smallest absolute Gasteiger partial charge is 0.326 e. The van der Waals surface area contributed by atoms with Crippen LogP contribution in [0.5, 0.6) is 0 Å². The van der Waals surface area contributed by atoms with Gasteiger partial charge in [0.1, 0.15) is 15.9 Å². The van der Waals surface area contributed by atoms with Crippen LogP contribution in [0.1, 0.15) is 120 Å². The lowest BCUT2D eigenvalue weighted by Crippen LogP contribution is -2.41. The van der Waals surface area contributed by atoms with Gasteiger partial charge in [-0.15, -0.1) is 0 Å². The maximum atomic E-state index is 13.4. The molecule has 0 bridgehead atoms. The van der Waals surface area contributed by atoms with Crippen molar-refractivity contribution < 1.29 is 42.5 Å². The Morgan fingerprint density at radius 3 is 1.97 bits per heavy atom. The zero-order valence-corrected chi connectivity index (χ0v) is 39.4. The molecule has 3 N–H and O–H groups in total. The summed E-state index contributed by atoms with van der Waals surface area (Å²) in [5, 5.41) is 20.8. The quantitative estimate of drug-likeness (QED) is 0.157. The monoisotopic (exact) mass is 855 g/mol. The highest BCUT2D eigenvalue weighted by atomic mass is 32.2. The van der Waals surface area contributed by atoms with Gasteiger partial charge in [0.15, 0.2) is 0 Å². The van der Waals surface area contributed by atoms with Crippen molar-refractivity contribution in [2.45, 2.75) is 124 Å². The van der Waals surface area contributed by atoms with Gasteiger partial charge in [-0.05, 0) is 97.9 Å². The number of nitrogens with zero attached hydrogens (tertiary/aromatic N) is 1. The number of hydrogen-bond donors (Lipinski definition) is 3. The minimum atomic E-state index is -3.02. The third-order valence-electron chi connectivity index (χ3n) is 9.54. The molecule has 1 heterocycles. The number of methoxy groups -OCH3 is 2. The molecule has 1 saturated carbocycles. The average molecular weight is 855 g/mol. The number of sulfone groups is 1. The zero-order valence-electron chi connectivity index (χ0n) is 37.8. The van der Waals surface area contributed by atoms with Crippen molar-refractivity contribution >= 4 is 39.4 Å². The van der Waals surface area contributed by atoms with E-state index in [4.69, 9.17) is 5.11 Å². The van der Waals surface area contributed by atoms with Gasteiger partial charge in [-0.25, -0.2) is 13.2 Å².